The lowest BCUT2D eigenvalue weighted by Crippen LogP contribution is -2.41. The van der Waals surface area contributed by atoms with E-state index in [9.17, 15) is 14.7 Å². The Morgan fingerprint density at radius 3 is 2.52 bits per heavy atom. The van der Waals surface area contributed by atoms with Crippen LogP contribution in [0.1, 0.15) is 32.8 Å². The lowest BCUT2D eigenvalue weighted by Gasteiger charge is -2.27. The second-order valence-electron chi connectivity index (χ2n) is 6.97. The maximum absolute atomic E-state index is 12.2. The summed E-state index contributed by atoms with van der Waals surface area (Å²) in [5.41, 5.74) is 0.222. The molecule has 1 N–H and O–H groups in total. The van der Waals surface area contributed by atoms with Gasteiger partial charge in [0.25, 0.3) is 0 Å². The van der Waals surface area contributed by atoms with Crippen LogP contribution in [0.4, 0.5) is 9.59 Å². The number of hydrogen-bond donors (Lipinski definition) is 1. The van der Waals surface area contributed by atoms with Gasteiger partial charge in [-0.3, -0.25) is 4.90 Å². The van der Waals surface area contributed by atoms with Gasteiger partial charge in [0.2, 0.25) is 0 Å². The fraction of sp³-hybridized carbons (Fsp3) is 0.556. The van der Waals surface area contributed by atoms with Crippen LogP contribution in [0.5, 0.6) is 0 Å². The standard InChI is InChI=1S/C18H25NO6/c1-18(2,3)25-16(21)19-10-15(9-14(19)11-20)24-17(22)23-12-13-7-5-4-6-8-13/h4-8,14-15,20H,9-12H2,1-3H3/t14-,15+/m0/s1. The summed E-state index contributed by atoms with van der Waals surface area (Å²) in [5, 5.41) is 9.47. The molecule has 0 unspecified atom stereocenters. The van der Waals surface area contributed by atoms with Crippen LogP contribution < -0.4 is 0 Å². The van der Waals surface area contributed by atoms with Crippen LogP contribution in [0.25, 0.3) is 0 Å². The van der Waals surface area contributed by atoms with Crippen LogP contribution in [0.2, 0.25) is 0 Å². The molecule has 1 heterocycles. The SMILES string of the molecule is CC(C)(C)OC(=O)N1C[C@H](OC(=O)OCc2ccccc2)C[C@H]1CO. The quantitative estimate of drug-likeness (QED) is 0.840. The Bertz CT molecular complexity index is 583. The van der Waals surface area contributed by atoms with Gasteiger partial charge in [-0.25, -0.2) is 9.59 Å². The van der Waals surface area contributed by atoms with E-state index in [4.69, 9.17) is 14.2 Å². The highest BCUT2D eigenvalue weighted by molar-refractivity contribution is 5.69. The van der Waals surface area contributed by atoms with E-state index in [0.717, 1.165) is 5.56 Å². The fourth-order valence-electron chi connectivity index (χ4n) is 2.56. The zero-order valence-electron chi connectivity index (χ0n) is 14.8. The van der Waals surface area contributed by atoms with Gasteiger partial charge >= 0.3 is 12.2 Å². The van der Waals surface area contributed by atoms with Crippen LogP contribution >= 0.6 is 0 Å². The number of hydrogen-bond acceptors (Lipinski definition) is 6. The molecule has 2 atom stereocenters. The molecule has 1 amide bonds. The van der Waals surface area contributed by atoms with Gasteiger partial charge in [-0.2, -0.15) is 0 Å². The molecule has 0 saturated carbocycles. The van der Waals surface area contributed by atoms with Gasteiger partial charge in [-0.15, -0.1) is 0 Å². The number of aliphatic hydroxyl groups is 1. The molecule has 25 heavy (non-hydrogen) atoms. The largest absolute Gasteiger partial charge is 0.508 e. The second-order valence-corrected chi connectivity index (χ2v) is 6.97. The molecular weight excluding hydrogens is 326 g/mol. The molecule has 1 aliphatic rings. The fourth-order valence-corrected chi connectivity index (χ4v) is 2.56. The summed E-state index contributed by atoms with van der Waals surface area (Å²) in [6.45, 7) is 5.36. The Hall–Kier alpha value is -2.28. The van der Waals surface area contributed by atoms with Gasteiger partial charge in [0.05, 0.1) is 19.2 Å². The van der Waals surface area contributed by atoms with Crippen LogP contribution in [0, 0.1) is 0 Å². The van der Waals surface area contributed by atoms with Crippen LogP contribution in [0.3, 0.4) is 0 Å². The third-order valence-corrected chi connectivity index (χ3v) is 3.68. The first-order valence-corrected chi connectivity index (χ1v) is 8.26. The molecule has 1 aromatic carbocycles. The van der Waals surface area contributed by atoms with Crippen molar-refractivity contribution in [3.63, 3.8) is 0 Å². The van der Waals surface area contributed by atoms with E-state index in [1.165, 1.54) is 4.90 Å². The number of nitrogens with zero attached hydrogens (tertiary/aromatic N) is 1. The highest BCUT2D eigenvalue weighted by atomic mass is 16.7. The number of carbonyl (C=O) groups excluding carboxylic acids is 2. The molecule has 1 fully saturated rings. The zero-order valence-corrected chi connectivity index (χ0v) is 14.8. The molecule has 1 aromatic rings. The van der Waals surface area contributed by atoms with Gasteiger partial charge in [0.15, 0.2) is 0 Å². The number of rotatable bonds is 4. The average molecular weight is 351 g/mol. The van der Waals surface area contributed by atoms with Gasteiger partial charge < -0.3 is 19.3 Å². The lowest BCUT2D eigenvalue weighted by molar-refractivity contribution is 0.00916. The van der Waals surface area contributed by atoms with Gasteiger partial charge in [-0.1, -0.05) is 30.3 Å². The Balaban J connectivity index is 1.84. The van der Waals surface area contributed by atoms with Crippen molar-refractivity contribution in [1.29, 1.82) is 0 Å². The van der Waals surface area contributed by atoms with Crippen molar-refractivity contribution in [2.24, 2.45) is 0 Å². The average Bonchev–Trinajstić information content (AvgIpc) is 2.95. The first-order valence-electron chi connectivity index (χ1n) is 8.26. The molecular formula is C18H25NO6. The third-order valence-electron chi connectivity index (χ3n) is 3.68. The summed E-state index contributed by atoms with van der Waals surface area (Å²) in [6, 6.07) is 8.82. The highest BCUT2D eigenvalue weighted by Gasteiger charge is 2.39. The van der Waals surface area contributed by atoms with Crippen molar-refractivity contribution < 1.29 is 28.9 Å². The molecule has 0 radical (unpaired) electrons. The number of aliphatic hydroxyl groups excluding tert-OH is 1. The molecule has 1 aliphatic heterocycles. The van der Waals surface area contributed by atoms with E-state index in [1.807, 2.05) is 30.3 Å². The maximum atomic E-state index is 12.2. The number of amides is 1. The Labute approximate surface area is 147 Å². The van der Waals surface area contributed by atoms with E-state index in [1.54, 1.807) is 20.8 Å². The Kier molecular flexibility index (Phi) is 6.25. The summed E-state index contributed by atoms with van der Waals surface area (Å²) >= 11 is 0. The van der Waals surface area contributed by atoms with Crippen molar-refractivity contribution in [2.75, 3.05) is 13.2 Å². The van der Waals surface area contributed by atoms with E-state index >= 15 is 0 Å². The summed E-state index contributed by atoms with van der Waals surface area (Å²) < 4.78 is 15.6. The maximum Gasteiger partial charge on any atom is 0.508 e. The normalized spacial score (nSPS) is 20.2. The lowest BCUT2D eigenvalue weighted by atomic mass is 10.2. The molecule has 7 nitrogen and oxygen atoms in total. The van der Waals surface area contributed by atoms with Crippen molar-refractivity contribution >= 4 is 12.2 Å². The van der Waals surface area contributed by atoms with E-state index in [2.05, 4.69) is 0 Å². The predicted molar refractivity (Wildman–Crippen MR) is 89.9 cm³/mol. The van der Waals surface area contributed by atoms with Crippen molar-refractivity contribution in [2.45, 2.75) is 51.5 Å². The van der Waals surface area contributed by atoms with Gasteiger partial charge in [0.1, 0.15) is 18.3 Å². The molecule has 2 rings (SSSR count). The van der Waals surface area contributed by atoms with E-state index in [-0.39, 0.29) is 19.8 Å². The molecule has 7 heteroatoms. The monoisotopic (exact) mass is 351 g/mol. The van der Waals surface area contributed by atoms with Gasteiger partial charge in [0, 0.05) is 6.42 Å². The summed E-state index contributed by atoms with van der Waals surface area (Å²) in [4.78, 5) is 25.4. The highest BCUT2D eigenvalue weighted by Crippen LogP contribution is 2.23. The minimum atomic E-state index is -0.795. The number of ether oxygens (including phenoxy) is 3. The number of carbonyl (C=O) groups is 2. The summed E-state index contributed by atoms with van der Waals surface area (Å²) in [5.74, 6) is 0. The van der Waals surface area contributed by atoms with Crippen molar-refractivity contribution in [1.82, 2.24) is 4.90 Å². The van der Waals surface area contributed by atoms with Crippen molar-refractivity contribution in [3.05, 3.63) is 35.9 Å². The molecule has 138 valence electrons. The third kappa shape index (κ3) is 5.94. The predicted octanol–water partition coefficient (Wildman–Crippen LogP) is 2.71. The molecule has 0 spiro atoms. The first-order chi connectivity index (χ1) is 11.8. The Morgan fingerprint density at radius 1 is 1.24 bits per heavy atom. The summed E-state index contributed by atoms with van der Waals surface area (Å²) in [6.07, 6.45) is -1.52. The van der Waals surface area contributed by atoms with Crippen LogP contribution in [-0.4, -0.2) is 53.2 Å². The minimum absolute atomic E-state index is 0.117. The van der Waals surface area contributed by atoms with E-state index in [0.29, 0.717) is 6.42 Å². The molecule has 0 bridgehead atoms. The molecule has 1 saturated heterocycles. The van der Waals surface area contributed by atoms with Crippen LogP contribution in [0.15, 0.2) is 30.3 Å². The van der Waals surface area contributed by atoms with E-state index < -0.39 is 30.0 Å². The zero-order chi connectivity index (χ0) is 18.4. The first kappa shape index (κ1) is 19.1. The summed E-state index contributed by atoms with van der Waals surface area (Å²) in [7, 11) is 0. The topological polar surface area (TPSA) is 85.3 Å². The minimum Gasteiger partial charge on any atom is -0.444 e. The number of likely N-dealkylation sites (tertiary alicyclic amines) is 1. The van der Waals surface area contributed by atoms with Crippen molar-refractivity contribution in [3.8, 4) is 0 Å². The second kappa shape index (κ2) is 8.20. The Morgan fingerprint density at radius 2 is 1.92 bits per heavy atom. The van der Waals surface area contributed by atoms with Gasteiger partial charge in [-0.05, 0) is 26.3 Å². The molecule has 0 aliphatic carbocycles. The number of benzene rings is 1. The molecule has 0 aromatic heterocycles. The van der Waals surface area contributed by atoms with Crippen LogP contribution in [-0.2, 0) is 20.8 Å². The smallest absolute Gasteiger partial charge is 0.444 e.